The fourth-order valence-electron chi connectivity index (χ4n) is 3.44. The van der Waals surface area contributed by atoms with Crippen molar-refractivity contribution in [1.82, 2.24) is 15.1 Å². The molecular formula is C21H31N3O3. The van der Waals surface area contributed by atoms with E-state index in [0.717, 1.165) is 29.8 Å². The first kappa shape index (κ1) is 21.0. The molecule has 2 rings (SSSR count). The van der Waals surface area contributed by atoms with E-state index in [4.69, 9.17) is 4.74 Å². The lowest BCUT2D eigenvalue weighted by Crippen LogP contribution is -2.49. The number of esters is 1. The molecule has 0 spiro atoms. The van der Waals surface area contributed by atoms with E-state index in [9.17, 15) is 9.59 Å². The van der Waals surface area contributed by atoms with Crippen molar-refractivity contribution in [3.8, 4) is 0 Å². The number of carbonyl (C=O) groups is 2. The average Bonchev–Trinajstić information content (AvgIpc) is 2.63. The van der Waals surface area contributed by atoms with Crippen LogP contribution in [0.2, 0.25) is 0 Å². The van der Waals surface area contributed by atoms with E-state index in [0.29, 0.717) is 17.8 Å². The maximum atomic E-state index is 12.9. The number of benzene rings is 1. The molecule has 27 heavy (non-hydrogen) atoms. The summed E-state index contributed by atoms with van der Waals surface area (Å²) in [4.78, 5) is 29.3. The van der Waals surface area contributed by atoms with Gasteiger partial charge in [-0.1, -0.05) is 37.6 Å². The number of amides is 2. The standard InChI is InChI=1S/C21H31N3O3/c1-7-24(8-2)13-17-18(20(25)27-9-3)19(22-21(26)23(17)6)16-11-10-14(4)12-15(16)5/h10-12,19H,7-9,13H2,1-6H3,(H,22,26). The smallest absolute Gasteiger partial charge is 0.338 e. The van der Waals surface area contributed by atoms with Gasteiger partial charge in [-0.2, -0.15) is 0 Å². The highest BCUT2D eigenvalue weighted by Gasteiger charge is 2.37. The molecule has 1 aromatic carbocycles. The quantitative estimate of drug-likeness (QED) is 0.746. The van der Waals surface area contributed by atoms with Crippen LogP contribution in [0, 0.1) is 13.8 Å². The molecule has 1 aliphatic rings. The van der Waals surface area contributed by atoms with Crippen LogP contribution in [0.3, 0.4) is 0 Å². The first-order valence-corrected chi connectivity index (χ1v) is 9.57. The summed E-state index contributed by atoms with van der Waals surface area (Å²) in [5.41, 5.74) is 4.31. The van der Waals surface area contributed by atoms with Crippen LogP contribution in [0.4, 0.5) is 4.79 Å². The molecule has 1 unspecified atom stereocenters. The molecule has 0 fully saturated rings. The molecule has 0 aliphatic carbocycles. The Morgan fingerprint density at radius 1 is 1.22 bits per heavy atom. The van der Waals surface area contributed by atoms with Gasteiger partial charge in [0.1, 0.15) is 0 Å². The zero-order valence-corrected chi connectivity index (χ0v) is 17.3. The number of hydrogen-bond acceptors (Lipinski definition) is 4. The second-order valence-corrected chi connectivity index (χ2v) is 6.84. The second kappa shape index (κ2) is 9.04. The normalized spacial score (nSPS) is 17.4. The Morgan fingerprint density at radius 3 is 2.44 bits per heavy atom. The van der Waals surface area contributed by atoms with Crippen LogP contribution in [-0.4, -0.2) is 55.1 Å². The highest BCUT2D eigenvalue weighted by atomic mass is 16.5. The van der Waals surface area contributed by atoms with Crippen LogP contribution in [0.15, 0.2) is 29.5 Å². The van der Waals surface area contributed by atoms with E-state index >= 15 is 0 Å². The predicted octanol–water partition coefficient (Wildman–Crippen LogP) is 3.16. The molecule has 1 aliphatic heterocycles. The number of likely N-dealkylation sites (N-methyl/N-ethyl adjacent to an activating group) is 2. The lowest BCUT2D eigenvalue weighted by molar-refractivity contribution is -0.139. The number of nitrogens with zero attached hydrogens (tertiary/aromatic N) is 2. The molecular weight excluding hydrogens is 342 g/mol. The summed E-state index contributed by atoms with van der Waals surface area (Å²) in [6.07, 6.45) is 0. The van der Waals surface area contributed by atoms with E-state index in [1.165, 1.54) is 4.90 Å². The minimum Gasteiger partial charge on any atom is -0.463 e. The van der Waals surface area contributed by atoms with E-state index in [2.05, 4.69) is 30.1 Å². The highest BCUT2D eigenvalue weighted by molar-refractivity contribution is 5.95. The summed E-state index contributed by atoms with van der Waals surface area (Å²) < 4.78 is 5.37. The van der Waals surface area contributed by atoms with Crippen molar-refractivity contribution in [3.63, 3.8) is 0 Å². The van der Waals surface area contributed by atoms with Gasteiger partial charge in [0.2, 0.25) is 0 Å². The van der Waals surface area contributed by atoms with Gasteiger partial charge in [0.15, 0.2) is 0 Å². The fourth-order valence-corrected chi connectivity index (χ4v) is 3.44. The molecule has 1 heterocycles. The maximum Gasteiger partial charge on any atom is 0.338 e. The number of nitrogens with one attached hydrogen (secondary N) is 1. The van der Waals surface area contributed by atoms with Crippen molar-refractivity contribution < 1.29 is 14.3 Å². The van der Waals surface area contributed by atoms with E-state index < -0.39 is 6.04 Å². The van der Waals surface area contributed by atoms with Gasteiger partial charge in [-0.3, -0.25) is 9.80 Å². The van der Waals surface area contributed by atoms with Crippen LogP contribution in [0.5, 0.6) is 0 Å². The van der Waals surface area contributed by atoms with E-state index in [-0.39, 0.29) is 18.6 Å². The average molecular weight is 373 g/mol. The molecule has 0 saturated carbocycles. The first-order chi connectivity index (χ1) is 12.8. The van der Waals surface area contributed by atoms with Crippen molar-refractivity contribution in [2.24, 2.45) is 0 Å². The molecule has 1 aromatic rings. The number of hydrogen-bond donors (Lipinski definition) is 1. The predicted molar refractivity (Wildman–Crippen MR) is 106 cm³/mol. The van der Waals surface area contributed by atoms with Crippen LogP contribution in [0.1, 0.15) is 43.5 Å². The van der Waals surface area contributed by atoms with Crippen molar-refractivity contribution in [2.45, 2.75) is 40.7 Å². The van der Waals surface area contributed by atoms with Gasteiger partial charge in [-0.25, -0.2) is 9.59 Å². The number of ether oxygens (including phenoxy) is 1. The van der Waals surface area contributed by atoms with Gasteiger partial charge in [0, 0.05) is 19.3 Å². The Morgan fingerprint density at radius 2 is 1.89 bits per heavy atom. The molecule has 0 saturated heterocycles. The van der Waals surface area contributed by atoms with Crippen molar-refractivity contribution in [2.75, 3.05) is 33.3 Å². The second-order valence-electron chi connectivity index (χ2n) is 6.84. The third-order valence-electron chi connectivity index (χ3n) is 5.08. The maximum absolute atomic E-state index is 12.9. The molecule has 1 atom stereocenters. The Labute approximate surface area is 162 Å². The van der Waals surface area contributed by atoms with Crippen molar-refractivity contribution in [1.29, 1.82) is 0 Å². The lowest BCUT2D eigenvalue weighted by atomic mass is 9.90. The fraction of sp³-hybridized carbons (Fsp3) is 0.524. The van der Waals surface area contributed by atoms with Gasteiger partial charge in [-0.15, -0.1) is 0 Å². The number of carbonyl (C=O) groups excluding carboxylic acids is 2. The minimum absolute atomic E-state index is 0.213. The summed E-state index contributed by atoms with van der Waals surface area (Å²) in [6.45, 7) is 12.4. The van der Waals surface area contributed by atoms with Crippen LogP contribution in [-0.2, 0) is 9.53 Å². The largest absolute Gasteiger partial charge is 0.463 e. The number of urea groups is 1. The zero-order valence-electron chi connectivity index (χ0n) is 17.3. The zero-order chi connectivity index (χ0) is 20.1. The summed E-state index contributed by atoms with van der Waals surface area (Å²) in [6, 6.07) is 5.32. The highest BCUT2D eigenvalue weighted by Crippen LogP contribution is 2.33. The molecule has 0 radical (unpaired) electrons. The van der Waals surface area contributed by atoms with Crippen molar-refractivity contribution >= 4 is 12.0 Å². The molecule has 0 bridgehead atoms. The van der Waals surface area contributed by atoms with Gasteiger partial charge >= 0.3 is 12.0 Å². The SMILES string of the molecule is CCOC(=O)C1=C(CN(CC)CC)N(C)C(=O)NC1c1ccc(C)cc1C. The van der Waals surface area contributed by atoms with Gasteiger partial charge in [0.05, 0.1) is 18.2 Å². The van der Waals surface area contributed by atoms with Gasteiger partial charge in [0.25, 0.3) is 0 Å². The molecule has 6 heteroatoms. The molecule has 6 nitrogen and oxygen atoms in total. The third kappa shape index (κ3) is 4.50. The molecule has 2 amide bonds. The Hall–Kier alpha value is -2.34. The lowest BCUT2D eigenvalue weighted by Gasteiger charge is -2.37. The summed E-state index contributed by atoms with van der Waals surface area (Å²) in [5.74, 6) is -0.378. The number of rotatable bonds is 7. The Balaban J connectivity index is 2.63. The van der Waals surface area contributed by atoms with Crippen LogP contribution >= 0.6 is 0 Å². The molecule has 148 valence electrons. The van der Waals surface area contributed by atoms with Crippen molar-refractivity contribution in [3.05, 3.63) is 46.2 Å². The molecule has 0 aromatic heterocycles. The van der Waals surface area contributed by atoms with Crippen LogP contribution in [0.25, 0.3) is 0 Å². The van der Waals surface area contributed by atoms with E-state index in [1.54, 1.807) is 14.0 Å². The van der Waals surface area contributed by atoms with Crippen LogP contribution < -0.4 is 5.32 Å². The van der Waals surface area contributed by atoms with Gasteiger partial charge < -0.3 is 10.1 Å². The summed E-state index contributed by atoms with van der Waals surface area (Å²) in [7, 11) is 1.70. The summed E-state index contributed by atoms with van der Waals surface area (Å²) in [5, 5.41) is 2.98. The van der Waals surface area contributed by atoms with E-state index in [1.807, 2.05) is 26.0 Å². The monoisotopic (exact) mass is 373 g/mol. The Bertz CT molecular complexity index is 738. The Kier molecular flexibility index (Phi) is 7.02. The summed E-state index contributed by atoms with van der Waals surface area (Å²) >= 11 is 0. The minimum atomic E-state index is -0.515. The third-order valence-corrected chi connectivity index (χ3v) is 5.08. The van der Waals surface area contributed by atoms with Gasteiger partial charge in [-0.05, 0) is 45.0 Å². The first-order valence-electron chi connectivity index (χ1n) is 9.57. The topological polar surface area (TPSA) is 61.9 Å². The number of aryl methyl sites for hydroxylation is 2. The molecule has 1 N–H and O–H groups in total.